The Labute approximate surface area is 129 Å². The number of nitrogens with one attached hydrogen (secondary N) is 1. The van der Waals surface area contributed by atoms with E-state index in [0.717, 1.165) is 31.3 Å². The van der Waals surface area contributed by atoms with Gasteiger partial charge < -0.3 is 10.1 Å². The lowest BCUT2D eigenvalue weighted by atomic mass is 9.94. The van der Waals surface area contributed by atoms with Gasteiger partial charge in [0.15, 0.2) is 0 Å². The Kier molecular flexibility index (Phi) is 6.07. The van der Waals surface area contributed by atoms with Crippen LogP contribution in [0.4, 0.5) is 0 Å². The maximum Gasteiger partial charge on any atom is 0.123 e. The molecule has 21 heavy (non-hydrogen) atoms. The van der Waals surface area contributed by atoms with Gasteiger partial charge >= 0.3 is 0 Å². The Balaban J connectivity index is 2.10. The van der Waals surface area contributed by atoms with Gasteiger partial charge in [-0.3, -0.25) is 4.90 Å². The lowest BCUT2D eigenvalue weighted by molar-refractivity contribution is 0.0985. The molecule has 0 aliphatic carbocycles. The van der Waals surface area contributed by atoms with E-state index in [2.05, 4.69) is 49.2 Å². The van der Waals surface area contributed by atoms with Gasteiger partial charge in [0, 0.05) is 37.3 Å². The highest BCUT2D eigenvalue weighted by Crippen LogP contribution is 2.24. The van der Waals surface area contributed by atoms with Gasteiger partial charge in [-0.25, -0.2) is 0 Å². The standard InChI is InChI=1S/C18H30N2O/c1-5-14(3)17-13-20(16(6-2)11-19-17)12-15-9-7-8-10-18(15)21-4/h7-10,14,16-17,19H,5-6,11-13H2,1-4H3. The molecule has 1 aliphatic rings. The second kappa shape index (κ2) is 7.81. The molecule has 1 heterocycles. The SMILES string of the molecule is CCC(C)C1CN(Cc2ccccc2OC)C(CC)CN1. The van der Waals surface area contributed by atoms with Crippen molar-refractivity contribution >= 4 is 0 Å². The average molecular weight is 290 g/mol. The smallest absolute Gasteiger partial charge is 0.123 e. The molecule has 3 heteroatoms. The summed E-state index contributed by atoms with van der Waals surface area (Å²) in [5.41, 5.74) is 1.29. The van der Waals surface area contributed by atoms with Crippen LogP contribution in [0.3, 0.4) is 0 Å². The third kappa shape index (κ3) is 3.98. The van der Waals surface area contributed by atoms with Crippen molar-refractivity contribution in [3.63, 3.8) is 0 Å². The summed E-state index contributed by atoms with van der Waals surface area (Å²) in [6.07, 6.45) is 2.42. The molecule has 1 aromatic rings. The average Bonchev–Trinajstić information content (AvgIpc) is 2.54. The summed E-state index contributed by atoms with van der Waals surface area (Å²) in [6.45, 7) is 10.1. The fraction of sp³-hybridized carbons (Fsp3) is 0.667. The maximum absolute atomic E-state index is 5.51. The first-order valence-corrected chi connectivity index (χ1v) is 8.28. The van der Waals surface area contributed by atoms with E-state index in [-0.39, 0.29) is 0 Å². The quantitative estimate of drug-likeness (QED) is 0.870. The zero-order chi connectivity index (χ0) is 15.2. The Bertz CT molecular complexity index is 435. The van der Waals surface area contributed by atoms with Crippen molar-refractivity contribution in [1.82, 2.24) is 10.2 Å². The Hall–Kier alpha value is -1.06. The van der Waals surface area contributed by atoms with Crippen LogP contribution in [0.1, 0.15) is 39.2 Å². The molecule has 2 rings (SSSR count). The molecule has 0 aromatic heterocycles. The number of ether oxygens (including phenoxy) is 1. The number of piperazine rings is 1. The molecule has 0 radical (unpaired) electrons. The molecule has 1 aromatic carbocycles. The van der Waals surface area contributed by atoms with E-state index >= 15 is 0 Å². The van der Waals surface area contributed by atoms with Crippen LogP contribution >= 0.6 is 0 Å². The fourth-order valence-corrected chi connectivity index (χ4v) is 3.20. The van der Waals surface area contributed by atoms with Gasteiger partial charge in [0.1, 0.15) is 5.75 Å². The van der Waals surface area contributed by atoms with Crippen LogP contribution < -0.4 is 10.1 Å². The Morgan fingerprint density at radius 2 is 2.10 bits per heavy atom. The molecule has 0 spiro atoms. The van der Waals surface area contributed by atoms with E-state index in [9.17, 15) is 0 Å². The molecule has 118 valence electrons. The van der Waals surface area contributed by atoms with Gasteiger partial charge in [-0.1, -0.05) is 45.4 Å². The van der Waals surface area contributed by atoms with Crippen LogP contribution in [0.25, 0.3) is 0 Å². The first kappa shape index (κ1) is 16.3. The molecule has 1 N–H and O–H groups in total. The Morgan fingerprint density at radius 3 is 2.76 bits per heavy atom. The van der Waals surface area contributed by atoms with Crippen molar-refractivity contribution < 1.29 is 4.74 Å². The first-order chi connectivity index (χ1) is 10.2. The zero-order valence-electron chi connectivity index (χ0n) is 13.9. The van der Waals surface area contributed by atoms with Crippen molar-refractivity contribution in [3.8, 4) is 5.75 Å². The summed E-state index contributed by atoms with van der Waals surface area (Å²) in [5.74, 6) is 1.73. The van der Waals surface area contributed by atoms with Gasteiger partial charge in [-0.05, 0) is 18.4 Å². The van der Waals surface area contributed by atoms with E-state index < -0.39 is 0 Å². The molecule has 0 bridgehead atoms. The molecule has 1 saturated heterocycles. The minimum absolute atomic E-state index is 0.604. The summed E-state index contributed by atoms with van der Waals surface area (Å²) in [4.78, 5) is 2.63. The van der Waals surface area contributed by atoms with E-state index in [1.54, 1.807) is 7.11 Å². The lowest BCUT2D eigenvalue weighted by Gasteiger charge is -2.42. The molecule has 3 atom stereocenters. The van der Waals surface area contributed by atoms with Crippen molar-refractivity contribution in [2.45, 2.75) is 52.2 Å². The predicted molar refractivity (Wildman–Crippen MR) is 88.7 cm³/mol. The van der Waals surface area contributed by atoms with Crippen molar-refractivity contribution in [2.75, 3.05) is 20.2 Å². The molecule has 1 aliphatic heterocycles. The van der Waals surface area contributed by atoms with Gasteiger partial charge in [-0.15, -0.1) is 0 Å². The van der Waals surface area contributed by atoms with Crippen LogP contribution in [-0.2, 0) is 6.54 Å². The number of hydrogen-bond acceptors (Lipinski definition) is 3. The van der Waals surface area contributed by atoms with Crippen LogP contribution in [0.5, 0.6) is 5.75 Å². The van der Waals surface area contributed by atoms with Crippen molar-refractivity contribution in [1.29, 1.82) is 0 Å². The lowest BCUT2D eigenvalue weighted by Crippen LogP contribution is -2.57. The largest absolute Gasteiger partial charge is 0.496 e. The van der Waals surface area contributed by atoms with Crippen LogP contribution in [0.15, 0.2) is 24.3 Å². The minimum Gasteiger partial charge on any atom is -0.496 e. The third-order valence-corrected chi connectivity index (χ3v) is 4.93. The normalized spacial score (nSPS) is 24.8. The van der Waals surface area contributed by atoms with E-state index in [1.807, 2.05) is 6.07 Å². The van der Waals surface area contributed by atoms with Crippen LogP contribution in [0, 0.1) is 5.92 Å². The summed E-state index contributed by atoms with van der Waals surface area (Å²) in [7, 11) is 1.76. The first-order valence-electron chi connectivity index (χ1n) is 8.28. The topological polar surface area (TPSA) is 24.5 Å². The third-order valence-electron chi connectivity index (χ3n) is 4.93. The minimum atomic E-state index is 0.604. The molecule has 0 amide bonds. The molecular weight excluding hydrogens is 260 g/mol. The second-order valence-corrected chi connectivity index (χ2v) is 6.20. The van der Waals surface area contributed by atoms with Crippen LogP contribution in [0.2, 0.25) is 0 Å². The number of rotatable bonds is 6. The molecule has 3 nitrogen and oxygen atoms in total. The van der Waals surface area contributed by atoms with E-state index in [4.69, 9.17) is 4.74 Å². The van der Waals surface area contributed by atoms with Crippen LogP contribution in [-0.4, -0.2) is 37.2 Å². The molecule has 1 fully saturated rings. The summed E-state index contributed by atoms with van der Waals surface area (Å²) in [6, 6.07) is 9.62. The van der Waals surface area contributed by atoms with E-state index in [1.165, 1.54) is 18.4 Å². The molecule has 0 saturated carbocycles. The summed E-state index contributed by atoms with van der Waals surface area (Å²) in [5, 5.41) is 3.74. The summed E-state index contributed by atoms with van der Waals surface area (Å²) >= 11 is 0. The number of para-hydroxylation sites is 1. The molecule has 3 unspecified atom stereocenters. The number of methoxy groups -OCH3 is 1. The van der Waals surface area contributed by atoms with Gasteiger partial charge in [-0.2, -0.15) is 0 Å². The number of hydrogen-bond donors (Lipinski definition) is 1. The predicted octanol–water partition coefficient (Wildman–Crippen LogP) is 3.29. The number of benzene rings is 1. The zero-order valence-corrected chi connectivity index (χ0v) is 13.9. The maximum atomic E-state index is 5.51. The highest BCUT2D eigenvalue weighted by Gasteiger charge is 2.29. The summed E-state index contributed by atoms with van der Waals surface area (Å²) < 4.78 is 5.51. The number of nitrogens with zero attached hydrogens (tertiary/aromatic N) is 1. The van der Waals surface area contributed by atoms with E-state index in [0.29, 0.717) is 12.1 Å². The van der Waals surface area contributed by atoms with Gasteiger partial charge in [0.05, 0.1) is 7.11 Å². The van der Waals surface area contributed by atoms with Crippen molar-refractivity contribution in [3.05, 3.63) is 29.8 Å². The highest BCUT2D eigenvalue weighted by molar-refractivity contribution is 5.33. The van der Waals surface area contributed by atoms with Gasteiger partial charge in [0.25, 0.3) is 0 Å². The Morgan fingerprint density at radius 1 is 1.33 bits per heavy atom. The van der Waals surface area contributed by atoms with Gasteiger partial charge in [0.2, 0.25) is 0 Å². The van der Waals surface area contributed by atoms with Crippen molar-refractivity contribution in [2.24, 2.45) is 5.92 Å². The monoisotopic (exact) mass is 290 g/mol. The second-order valence-electron chi connectivity index (χ2n) is 6.20. The highest BCUT2D eigenvalue weighted by atomic mass is 16.5. The fourth-order valence-electron chi connectivity index (χ4n) is 3.20. The molecular formula is C18H30N2O.